The van der Waals surface area contributed by atoms with Gasteiger partial charge >= 0.3 is 0 Å². The summed E-state index contributed by atoms with van der Waals surface area (Å²) in [4.78, 5) is 46.5. The minimum absolute atomic E-state index is 0. The minimum Gasteiger partial charge on any atom is -0.456 e. The Bertz CT molecular complexity index is 2260. The van der Waals surface area contributed by atoms with E-state index in [4.69, 9.17) is 13.9 Å². The van der Waals surface area contributed by atoms with Gasteiger partial charge in [-0.25, -0.2) is 4.39 Å². The van der Waals surface area contributed by atoms with Gasteiger partial charge in [-0.15, -0.1) is 0 Å². The van der Waals surface area contributed by atoms with Gasteiger partial charge < -0.3 is 43.8 Å². The van der Waals surface area contributed by atoms with Crippen molar-refractivity contribution in [1.29, 1.82) is 0 Å². The molecule has 4 aliphatic heterocycles. The van der Waals surface area contributed by atoms with Crippen LogP contribution in [0.15, 0.2) is 57.9 Å². The molecule has 12 nitrogen and oxygen atoms in total. The number of hydrogen-bond acceptors (Lipinski definition) is 9. The van der Waals surface area contributed by atoms with Crippen molar-refractivity contribution in [1.82, 2.24) is 25.0 Å². The van der Waals surface area contributed by atoms with E-state index in [0.29, 0.717) is 73.9 Å². The van der Waals surface area contributed by atoms with Crippen LogP contribution in [0.25, 0.3) is 38.5 Å². The molecule has 9 rings (SSSR count). The monoisotopic (exact) mass is 710 g/mol. The zero-order valence-corrected chi connectivity index (χ0v) is 28.2. The number of carbonyl (C=O) groups excluding carboxylic acids is 2. The maximum Gasteiger partial charge on any atom is 0.259 e. The highest BCUT2D eigenvalue weighted by Gasteiger charge is 2.35. The molecule has 2 amide bonds. The fourth-order valence-electron chi connectivity index (χ4n) is 8.01. The molecule has 0 bridgehead atoms. The van der Waals surface area contributed by atoms with Gasteiger partial charge in [0.05, 0.1) is 30.8 Å². The summed E-state index contributed by atoms with van der Waals surface area (Å²) in [6.45, 7) is 6.43. The standard InChI is InChI=1S/C38H39FN6O6.CH4/c39-28-17-26-34-37(35(28)44-11-7-23(21-44)41-33(46)20-40-8-12-42-9-3-4-10-42)51-32-18-25-24-5-1-2-6-30(24)50-31(25)19-29(32)45(34)22-27(36(26)47)38(48)43-13-15-49-16-14-43;/h1-2,5-6,17-19,22-23,40H,3-4,7-16,20-21H2,(H,41,46);1H4/t23-;/m1./s1. The number of morpholine rings is 1. The first-order valence-corrected chi connectivity index (χ1v) is 17.8. The normalized spacial score (nSPS) is 18.5. The molecule has 4 aliphatic rings. The second-order valence-corrected chi connectivity index (χ2v) is 13.8. The number of aromatic nitrogens is 1. The number of furan rings is 1. The average Bonchev–Trinajstić information content (AvgIpc) is 3.91. The number of nitrogens with one attached hydrogen (secondary N) is 2. The van der Waals surface area contributed by atoms with Crippen LogP contribution in [-0.2, 0) is 9.53 Å². The quantitative estimate of drug-likeness (QED) is 0.218. The molecule has 3 saturated heterocycles. The summed E-state index contributed by atoms with van der Waals surface area (Å²) < 4.78 is 36.4. The lowest BCUT2D eigenvalue weighted by atomic mass is 10.0. The number of carbonyl (C=O) groups is 2. The van der Waals surface area contributed by atoms with Crippen molar-refractivity contribution in [2.75, 3.05) is 77.0 Å². The summed E-state index contributed by atoms with van der Waals surface area (Å²) in [6.07, 6.45) is 4.63. The van der Waals surface area contributed by atoms with Crippen LogP contribution in [0.3, 0.4) is 0 Å². The van der Waals surface area contributed by atoms with Crippen molar-refractivity contribution in [3.8, 4) is 17.2 Å². The Morgan fingerprint density at radius 1 is 0.942 bits per heavy atom. The lowest BCUT2D eigenvalue weighted by Crippen LogP contribution is -2.43. The number of halogens is 1. The lowest BCUT2D eigenvalue weighted by Gasteiger charge is -2.30. The van der Waals surface area contributed by atoms with E-state index in [9.17, 15) is 14.4 Å². The molecule has 0 spiro atoms. The van der Waals surface area contributed by atoms with Crippen molar-refractivity contribution < 1.29 is 27.9 Å². The first-order valence-electron chi connectivity index (χ1n) is 17.8. The maximum atomic E-state index is 16.5. The molecule has 13 heteroatoms. The third-order valence-corrected chi connectivity index (χ3v) is 10.6. The number of para-hydroxylation sites is 1. The highest BCUT2D eigenvalue weighted by molar-refractivity contribution is 6.07. The van der Waals surface area contributed by atoms with E-state index in [0.717, 1.165) is 37.0 Å². The van der Waals surface area contributed by atoms with Gasteiger partial charge in [-0.05, 0) is 50.6 Å². The molecule has 0 radical (unpaired) electrons. The van der Waals surface area contributed by atoms with Crippen LogP contribution in [0, 0.1) is 5.82 Å². The summed E-state index contributed by atoms with van der Waals surface area (Å²) in [5, 5.41) is 8.11. The molecule has 0 saturated carbocycles. The molecule has 0 unspecified atom stereocenters. The van der Waals surface area contributed by atoms with Crippen LogP contribution >= 0.6 is 0 Å². The van der Waals surface area contributed by atoms with Gasteiger partial charge in [-0.3, -0.25) is 14.4 Å². The SMILES string of the molecule is C.O=C(CNCCN1CCCC1)N[C@@H]1CCN(c2c(F)cc3c(=O)c(C(=O)N4CCOCC4)cn4c3c2Oc2cc3c(cc2-4)oc2ccccc23)C1. The number of pyridine rings is 1. The molecular weight excluding hydrogens is 667 g/mol. The van der Waals surface area contributed by atoms with Gasteiger partial charge in [0.2, 0.25) is 11.3 Å². The molecule has 6 heterocycles. The lowest BCUT2D eigenvalue weighted by molar-refractivity contribution is -0.120. The van der Waals surface area contributed by atoms with Crippen molar-refractivity contribution >= 4 is 50.3 Å². The molecule has 3 aromatic carbocycles. The molecular formula is C39H43FN6O6. The number of amides is 2. The van der Waals surface area contributed by atoms with Gasteiger partial charge in [0.25, 0.3) is 5.91 Å². The Balaban J connectivity index is 0.00000387. The topological polar surface area (TPSA) is 122 Å². The number of likely N-dealkylation sites (tertiary alicyclic amines) is 1. The third-order valence-electron chi connectivity index (χ3n) is 10.6. The van der Waals surface area contributed by atoms with Crippen LogP contribution in [0.2, 0.25) is 0 Å². The largest absolute Gasteiger partial charge is 0.456 e. The summed E-state index contributed by atoms with van der Waals surface area (Å²) >= 11 is 0. The van der Waals surface area contributed by atoms with E-state index >= 15 is 4.39 Å². The number of anilines is 1. The first-order chi connectivity index (χ1) is 24.9. The van der Waals surface area contributed by atoms with E-state index in [1.54, 1.807) is 15.7 Å². The summed E-state index contributed by atoms with van der Waals surface area (Å²) in [6, 6.07) is 12.4. The Morgan fingerprint density at radius 2 is 1.75 bits per heavy atom. The van der Waals surface area contributed by atoms with Gasteiger partial charge in [-0.1, -0.05) is 25.6 Å². The molecule has 1 atom stereocenters. The van der Waals surface area contributed by atoms with E-state index in [-0.39, 0.29) is 48.3 Å². The predicted molar refractivity (Wildman–Crippen MR) is 198 cm³/mol. The smallest absolute Gasteiger partial charge is 0.259 e. The predicted octanol–water partition coefficient (Wildman–Crippen LogP) is 4.62. The first kappa shape index (κ1) is 34.1. The Labute approximate surface area is 300 Å². The molecule has 52 heavy (non-hydrogen) atoms. The van der Waals surface area contributed by atoms with Crippen molar-refractivity contribution in [3.63, 3.8) is 0 Å². The second-order valence-electron chi connectivity index (χ2n) is 13.8. The van der Waals surface area contributed by atoms with Crippen LogP contribution < -0.4 is 25.7 Å². The van der Waals surface area contributed by atoms with Gasteiger partial charge in [0.15, 0.2) is 17.3 Å². The summed E-state index contributed by atoms with van der Waals surface area (Å²) in [7, 11) is 0. The van der Waals surface area contributed by atoms with Crippen molar-refractivity contribution in [2.45, 2.75) is 32.7 Å². The maximum absolute atomic E-state index is 16.5. The molecule has 272 valence electrons. The van der Waals surface area contributed by atoms with E-state index in [2.05, 4.69) is 15.5 Å². The van der Waals surface area contributed by atoms with E-state index in [1.165, 1.54) is 18.9 Å². The van der Waals surface area contributed by atoms with Gasteiger partial charge in [0.1, 0.15) is 27.9 Å². The van der Waals surface area contributed by atoms with Crippen LogP contribution in [-0.4, -0.2) is 104 Å². The molecule has 2 aromatic heterocycles. The van der Waals surface area contributed by atoms with Crippen molar-refractivity contribution in [2.24, 2.45) is 0 Å². The third kappa shape index (κ3) is 5.96. The fourth-order valence-corrected chi connectivity index (χ4v) is 8.01. The molecule has 2 N–H and O–H groups in total. The number of hydrogen-bond donors (Lipinski definition) is 2. The van der Waals surface area contributed by atoms with Gasteiger partial charge in [-0.2, -0.15) is 0 Å². The Morgan fingerprint density at radius 3 is 2.58 bits per heavy atom. The molecule has 5 aromatic rings. The van der Waals surface area contributed by atoms with E-state index < -0.39 is 17.2 Å². The molecule has 0 aliphatic carbocycles. The Hall–Kier alpha value is -4.98. The summed E-state index contributed by atoms with van der Waals surface area (Å²) in [5.74, 6) is -0.529. The highest BCUT2D eigenvalue weighted by Crippen LogP contribution is 2.49. The zero-order chi connectivity index (χ0) is 34.6. The van der Waals surface area contributed by atoms with Crippen LogP contribution in [0.5, 0.6) is 11.5 Å². The van der Waals surface area contributed by atoms with Crippen molar-refractivity contribution in [3.05, 3.63) is 70.3 Å². The number of fused-ring (bicyclic) bond motifs is 5. The molecule has 3 fully saturated rings. The second kappa shape index (κ2) is 13.9. The minimum atomic E-state index is -0.633. The van der Waals surface area contributed by atoms with Crippen LogP contribution in [0.4, 0.5) is 10.1 Å². The number of benzene rings is 3. The number of ether oxygens (including phenoxy) is 2. The number of rotatable bonds is 8. The average molecular weight is 711 g/mol. The zero-order valence-electron chi connectivity index (χ0n) is 28.2. The van der Waals surface area contributed by atoms with E-state index in [1.807, 2.05) is 41.3 Å². The Kier molecular flexibility index (Phi) is 9.10. The number of nitrogens with zero attached hydrogens (tertiary/aromatic N) is 4. The fraction of sp³-hybridized carbons (Fsp3) is 0.410. The highest BCUT2D eigenvalue weighted by atomic mass is 19.1. The van der Waals surface area contributed by atoms with Gasteiger partial charge in [0, 0.05) is 68.3 Å². The summed E-state index contributed by atoms with van der Waals surface area (Å²) in [5.41, 5.74) is 1.85. The van der Waals surface area contributed by atoms with Crippen LogP contribution in [0.1, 0.15) is 37.0 Å².